The van der Waals surface area contributed by atoms with Crippen molar-refractivity contribution in [1.29, 1.82) is 0 Å². The lowest BCUT2D eigenvalue weighted by Gasteiger charge is -2.21. The summed E-state index contributed by atoms with van der Waals surface area (Å²) in [5.41, 5.74) is 0. The van der Waals surface area contributed by atoms with Crippen LogP contribution in [0.4, 0.5) is 4.39 Å². The van der Waals surface area contributed by atoms with Crippen molar-refractivity contribution >= 4 is 11.8 Å². The summed E-state index contributed by atoms with van der Waals surface area (Å²) in [6.45, 7) is 1.95. The molecule has 0 bridgehead atoms. The normalized spacial score (nSPS) is 16.9. The molecule has 1 fully saturated rings. The number of hydrogen-bond acceptors (Lipinski definition) is 4. The van der Waals surface area contributed by atoms with Gasteiger partial charge >= 0.3 is 0 Å². The quantitative estimate of drug-likeness (QED) is 0.618. The van der Waals surface area contributed by atoms with Gasteiger partial charge < -0.3 is 9.88 Å². The Morgan fingerprint density at radius 1 is 1.26 bits per heavy atom. The zero-order valence-electron chi connectivity index (χ0n) is 11.6. The van der Waals surface area contributed by atoms with Gasteiger partial charge in [0.15, 0.2) is 5.16 Å². The molecular weight excluding hydrogens is 263 g/mol. The summed E-state index contributed by atoms with van der Waals surface area (Å²) in [5, 5.41) is 13.0. The number of thioether (sulfide) groups is 1. The molecule has 108 valence electrons. The SMILES string of the molecule is Cn1c(SCCCCCF)nnc1C1CCNCC1. The molecule has 2 heterocycles. The van der Waals surface area contributed by atoms with Crippen LogP contribution >= 0.6 is 11.8 Å². The molecule has 1 aliphatic heterocycles. The Labute approximate surface area is 118 Å². The minimum absolute atomic E-state index is 0.200. The van der Waals surface area contributed by atoms with E-state index < -0.39 is 0 Å². The second kappa shape index (κ2) is 7.85. The van der Waals surface area contributed by atoms with Gasteiger partial charge in [0.05, 0.1) is 6.67 Å². The first-order valence-electron chi connectivity index (χ1n) is 7.11. The summed E-state index contributed by atoms with van der Waals surface area (Å²) in [4.78, 5) is 0. The molecule has 0 spiro atoms. The van der Waals surface area contributed by atoms with Gasteiger partial charge in [-0.3, -0.25) is 4.39 Å². The Balaban J connectivity index is 1.83. The zero-order valence-corrected chi connectivity index (χ0v) is 12.4. The van der Waals surface area contributed by atoms with Crippen LogP contribution in [0.5, 0.6) is 0 Å². The van der Waals surface area contributed by atoms with Crippen molar-refractivity contribution in [2.24, 2.45) is 7.05 Å². The van der Waals surface area contributed by atoms with Gasteiger partial charge in [0.1, 0.15) is 5.82 Å². The van der Waals surface area contributed by atoms with E-state index in [2.05, 4.69) is 27.1 Å². The Bertz CT molecular complexity index is 377. The Morgan fingerprint density at radius 3 is 2.79 bits per heavy atom. The van der Waals surface area contributed by atoms with Gasteiger partial charge in [0.25, 0.3) is 0 Å². The Hall–Kier alpha value is -0.620. The first-order chi connectivity index (χ1) is 9.33. The van der Waals surface area contributed by atoms with Crippen LogP contribution in [0.15, 0.2) is 5.16 Å². The second-order valence-corrected chi connectivity index (χ2v) is 6.08. The van der Waals surface area contributed by atoms with E-state index in [9.17, 15) is 4.39 Å². The van der Waals surface area contributed by atoms with E-state index in [-0.39, 0.29) is 6.67 Å². The predicted molar refractivity (Wildman–Crippen MR) is 76.4 cm³/mol. The fourth-order valence-electron chi connectivity index (χ4n) is 2.42. The molecule has 0 saturated carbocycles. The van der Waals surface area contributed by atoms with Gasteiger partial charge in [-0.2, -0.15) is 0 Å². The summed E-state index contributed by atoms with van der Waals surface area (Å²) < 4.78 is 14.1. The van der Waals surface area contributed by atoms with Crippen molar-refractivity contribution in [3.8, 4) is 0 Å². The third-order valence-corrected chi connectivity index (χ3v) is 4.69. The fraction of sp³-hybridized carbons (Fsp3) is 0.846. The number of nitrogens with zero attached hydrogens (tertiary/aromatic N) is 3. The number of aromatic nitrogens is 3. The second-order valence-electron chi connectivity index (χ2n) is 5.02. The van der Waals surface area contributed by atoms with E-state index in [4.69, 9.17) is 0 Å². The van der Waals surface area contributed by atoms with Gasteiger partial charge in [-0.05, 0) is 38.8 Å². The molecule has 0 atom stereocenters. The Morgan fingerprint density at radius 2 is 2.05 bits per heavy atom. The molecule has 1 N–H and O–H groups in total. The third-order valence-electron chi connectivity index (χ3n) is 3.58. The van der Waals surface area contributed by atoms with E-state index in [0.29, 0.717) is 12.3 Å². The van der Waals surface area contributed by atoms with Gasteiger partial charge in [0.2, 0.25) is 0 Å². The molecule has 1 aromatic heterocycles. The smallest absolute Gasteiger partial charge is 0.190 e. The van der Waals surface area contributed by atoms with Crippen LogP contribution in [-0.2, 0) is 7.05 Å². The summed E-state index contributed by atoms with van der Waals surface area (Å²) in [6, 6.07) is 0. The average Bonchev–Trinajstić information content (AvgIpc) is 2.81. The summed E-state index contributed by atoms with van der Waals surface area (Å²) >= 11 is 1.73. The number of alkyl halides is 1. The molecule has 0 amide bonds. The molecule has 4 nitrogen and oxygen atoms in total. The van der Waals surface area contributed by atoms with Crippen molar-refractivity contribution in [3.05, 3.63) is 5.82 Å². The summed E-state index contributed by atoms with van der Waals surface area (Å²) in [7, 11) is 2.06. The maximum Gasteiger partial charge on any atom is 0.190 e. The van der Waals surface area contributed by atoms with Crippen molar-refractivity contribution in [3.63, 3.8) is 0 Å². The van der Waals surface area contributed by atoms with Gasteiger partial charge in [0, 0.05) is 18.7 Å². The highest BCUT2D eigenvalue weighted by molar-refractivity contribution is 7.99. The van der Waals surface area contributed by atoms with Crippen molar-refractivity contribution < 1.29 is 4.39 Å². The first-order valence-corrected chi connectivity index (χ1v) is 8.10. The number of piperidine rings is 1. The van der Waals surface area contributed by atoms with Crippen LogP contribution in [0, 0.1) is 0 Å². The fourth-order valence-corrected chi connectivity index (χ4v) is 3.34. The van der Waals surface area contributed by atoms with Crippen LogP contribution in [0.2, 0.25) is 0 Å². The van der Waals surface area contributed by atoms with Crippen molar-refractivity contribution in [1.82, 2.24) is 20.1 Å². The summed E-state index contributed by atoms with van der Waals surface area (Å²) in [6.07, 6.45) is 4.98. The highest BCUT2D eigenvalue weighted by Crippen LogP contribution is 2.26. The molecular formula is C13H23FN4S. The largest absolute Gasteiger partial charge is 0.317 e. The van der Waals surface area contributed by atoms with Crippen LogP contribution in [-0.4, -0.2) is 40.3 Å². The standard InChI is InChI=1S/C13H23FN4S/c1-18-12(11-5-8-15-9-6-11)16-17-13(18)19-10-4-2-3-7-14/h11,15H,2-10H2,1H3. The third kappa shape index (κ3) is 4.18. The topological polar surface area (TPSA) is 42.7 Å². The molecule has 1 aromatic rings. The molecule has 0 aromatic carbocycles. The molecule has 19 heavy (non-hydrogen) atoms. The number of nitrogens with one attached hydrogen (secondary N) is 1. The van der Waals surface area contributed by atoms with Crippen molar-refractivity contribution in [2.45, 2.75) is 43.2 Å². The lowest BCUT2D eigenvalue weighted by Crippen LogP contribution is -2.27. The number of halogens is 1. The molecule has 1 saturated heterocycles. The molecule has 6 heteroatoms. The van der Waals surface area contributed by atoms with E-state index in [1.54, 1.807) is 11.8 Å². The van der Waals surface area contributed by atoms with E-state index in [0.717, 1.165) is 55.5 Å². The maximum absolute atomic E-state index is 12.0. The van der Waals surface area contributed by atoms with E-state index in [1.807, 2.05) is 0 Å². The van der Waals surface area contributed by atoms with E-state index >= 15 is 0 Å². The van der Waals surface area contributed by atoms with Crippen molar-refractivity contribution in [2.75, 3.05) is 25.5 Å². The monoisotopic (exact) mass is 286 g/mol. The lowest BCUT2D eigenvalue weighted by molar-refractivity contribution is 0.434. The molecule has 0 aliphatic carbocycles. The highest BCUT2D eigenvalue weighted by Gasteiger charge is 2.21. The van der Waals surface area contributed by atoms with E-state index in [1.165, 1.54) is 0 Å². The molecule has 2 rings (SSSR count). The van der Waals surface area contributed by atoms with Gasteiger partial charge in [-0.25, -0.2) is 0 Å². The minimum Gasteiger partial charge on any atom is -0.317 e. The molecule has 0 unspecified atom stereocenters. The van der Waals surface area contributed by atoms with Crippen LogP contribution in [0.1, 0.15) is 43.8 Å². The molecule has 0 radical (unpaired) electrons. The zero-order chi connectivity index (χ0) is 13.5. The Kier molecular flexibility index (Phi) is 6.10. The van der Waals surface area contributed by atoms with Crippen LogP contribution < -0.4 is 5.32 Å². The highest BCUT2D eigenvalue weighted by atomic mass is 32.2. The number of rotatable bonds is 7. The average molecular weight is 286 g/mol. The predicted octanol–water partition coefficient (Wildman–Crippen LogP) is 2.51. The number of unbranched alkanes of at least 4 members (excludes halogenated alkanes) is 2. The number of hydrogen-bond donors (Lipinski definition) is 1. The van der Waals surface area contributed by atoms with Crippen LogP contribution in [0.3, 0.4) is 0 Å². The first kappa shape index (κ1) is 14.8. The van der Waals surface area contributed by atoms with Gasteiger partial charge in [-0.15, -0.1) is 10.2 Å². The maximum atomic E-state index is 12.0. The lowest BCUT2D eigenvalue weighted by atomic mass is 9.97. The summed E-state index contributed by atoms with van der Waals surface area (Å²) in [5.74, 6) is 2.66. The van der Waals surface area contributed by atoms with Crippen LogP contribution in [0.25, 0.3) is 0 Å². The minimum atomic E-state index is -0.200. The van der Waals surface area contributed by atoms with Gasteiger partial charge in [-0.1, -0.05) is 18.2 Å². The molecule has 1 aliphatic rings.